The number of aliphatic hydroxyl groups is 2. The highest BCUT2D eigenvalue weighted by Crippen LogP contribution is 2.34. The SMILES string of the molecule is C=Cc1ccc(C(O)Oc2ccc(C=CC(CO)SC3=Cc4ccccc4C3)cc2)cc1. The molecule has 0 bridgehead atoms. The average molecular weight is 443 g/mol. The van der Waals surface area contributed by atoms with Crippen LogP contribution in [-0.4, -0.2) is 22.1 Å². The van der Waals surface area contributed by atoms with Crippen LogP contribution in [0.1, 0.15) is 34.1 Å². The van der Waals surface area contributed by atoms with E-state index in [2.05, 4.69) is 36.9 Å². The van der Waals surface area contributed by atoms with E-state index >= 15 is 0 Å². The van der Waals surface area contributed by atoms with E-state index in [1.165, 1.54) is 16.0 Å². The maximum absolute atomic E-state index is 10.3. The minimum absolute atomic E-state index is 0.00755. The maximum Gasteiger partial charge on any atom is 0.224 e. The van der Waals surface area contributed by atoms with Gasteiger partial charge in [0.05, 0.1) is 11.9 Å². The number of fused-ring (bicyclic) bond motifs is 1. The molecule has 0 saturated heterocycles. The van der Waals surface area contributed by atoms with E-state index in [9.17, 15) is 10.2 Å². The van der Waals surface area contributed by atoms with Crippen molar-refractivity contribution in [3.63, 3.8) is 0 Å². The van der Waals surface area contributed by atoms with Crippen molar-refractivity contribution in [1.29, 1.82) is 0 Å². The zero-order valence-electron chi connectivity index (χ0n) is 17.7. The number of ether oxygens (including phenoxy) is 1. The minimum Gasteiger partial charge on any atom is -0.461 e. The van der Waals surface area contributed by atoms with E-state index in [-0.39, 0.29) is 11.9 Å². The second kappa shape index (κ2) is 10.5. The molecule has 2 atom stereocenters. The van der Waals surface area contributed by atoms with Gasteiger partial charge in [-0.15, -0.1) is 11.8 Å². The number of hydrogen-bond acceptors (Lipinski definition) is 4. The van der Waals surface area contributed by atoms with E-state index in [4.69, 9.17) is 4.74 Å². The lowest BCUT2D eigenvalue weighted by Gasteiger charge is -2.14. The van der Waals surface area contributed by atoms with Gasteiger partial charge in [0, 0.05) is 12.0 Å². The Morgan fingerprint density at radius 3 is 2.38 bits per heavy atom. The predicted molar refractivity (Wildman–Crippen MR) is 134 cm³/mol. The summed E-state index contributed by atoms with van der Waals surface area (Å²) in [5.41, 5.74) is 5.29. The summed E-state index contributed by atoms with van der Waals surface area (Å²) in [5, 5.41) is 20.1. The summed E-state index contributed by atoms with van der Waals surface area (Å²) in [7, 11) is 0. The fourth-order valence-electron chi connectivity index (χ4n) is 3.53. The molecule has 4 rings (SSSR count). The predicted octanol–water partition coefficient (Wildman–Crippen LogP) is 6.10. The van der Waals surface area contributed by atoms with Crippen molar-refractivity contribution in [1.82, 2.24) is 0 Å². The van der Waals surface area contributed by atoms with Crippen molar-refractivity contribution in [3.8, 4) is 5.75 Å². The van der Waals surface area contributed by atoms with Gasteiger partial charge in [0.25, 0.3) is 0 Å². The maximum atomic E-state index is 10.3. The number of thioether (sulfide) groups is 1. The van der Waals surface area contributed by atoms with E-state index in [0.29, 0.717) is 11.3 Å². The highest BCUT2D eigenvalue weighted by molar-refractivity contribution is 8.04. The lowest BCUT2D eigenvalue weighted by atomic mass is 10.1. The topological polar surface area (TPSA) is 49.7 Å². The fourth-order valence-corrected chi connectivity index (χ4v) is 4.58. The Morgan fingerprint density at radius 1 is 0.969 bits per heavy atom. The first-order chi connectivity index (χ1) is 15.6. The number of aliphatic hydroxyl groups excluding tert-OH is 2. The van der Waals surface area contributed by atoms with Crippen molar-refractivity contribution < 1.29 is 14.9 Å². The van der Waals surface area contributed by atoms with Crippen LogP contribution >= 0.6 is 11.8 Å². The third-order valence-electron chi connectivity index (χ3n) is 5.31. The van der Waals surface area contributed by atoms with Gasteiger partial charge < -0.3 is 14.9 Å². The molecule has 0 fully saturated rings. The van der Waals surface area contributed by atoms with Crippen LogP contribution in [0.4, 0.5) is 0 Å². The Hall–Kier alpha value is -3.05. The normalized spacial score (nSPS) is 14.6. The zero-order chi connectivity index (χ0) is 22.3. The molecule has 0 aliphatic heterocycles. The van der Waals surface area contributed by atoms with Crippen LogP contribution in [0.5, 0.6) is 5.75 Å². The molecule has 3 nitrogen and oxygen atoms in total. The van der Waals surface area contributed by atoms with Crippen molar-refractivity contribution >= 4 is 30.0 Å². The van der Waals surface area contributed by atoms with E-state index in [1.54, 1.807) is 17.8 Å². The van der Waals surface area contributed by atoms with Crippen molar-refractivity contribution in [2.75, 3.05) is 6.61 Å². The summed E-state index contributed by atoms with van der Waals surface area (Å²) < 4.78 is 5.65. The monoisotopic (exact) mass is 442 g/mol. The molecule has 3 aromatic carbocycles. The standard InChI is InChI=1S/C28H26O3S/c1-2-20-7-12-22(13-8-20)28(30)31-25-14-9-21(10-15-25)11-16-26(19-29)32-27-17-23-5-3-4-6-24(23)18-27/h2-17,26,28-30H,1,18-19H2. The molecule has 0 aromatic heterocycles. The Kier molecular flexibility index (Phi) is 7.28. The van der Waals surface area contributed by atoms with E-state index < -0.39 is 6.29 Å². The highest BCUT2D eigenvalue weighted by atomic mass is 32.2. The summed E-state index contributed by atoms with van der Waals surface area (Å²) in [6, 6.07) is 23.4. The number of hydrogen-bond donors (Lipinski definition) is 2. The summed E-state index contributed by atoms with van der Waals surface area (Å²) in [4.78, 5) is 1.27. The molecular formula is C28H26O3S. The number of benzene rings is 3. The molecule has 32 heavy (non-hydrogen) atoms. The van der Waals surface area contributed by atoms with Crippen molar-refractivity contribution in [2.45, 2.75) is 18.0 Å². The molecule has 0 amide bonds. The van der Waals surface area contributed by atoms with Crippen LogP contribution in [0, 0.1) is 0 Å². The van der Waals surface area contributed by atoms with Gasteiger partial charge in [-0.25, -0.2) is 0 Å². The van der Waals surface area contributed by atoms with Crippen LogP contribution < -0.4 is 4.74 Å². The first-order valence-corrected chi connectivity index (χ1v) is 11.4. The van der Waals surface area contributed by atoms with Crippen LogP contribution in [0.15, 0.2) is 90.4 Å². The number of allylic oxidation sites excluding steroid dienone is 1. The third kappa shape index (κ3) is 5.60. The number of rotatable bonds is 9. The first kappa shape index (κ1) is 22.2. The Labute approximate surface area is 193 Å². The second-order valence-electron chi connectivity index (χ2n) is 7.59. The Bertz CT molecular complexity index is 1110. The van der Waals surface area contributed by atoms with Crippen molar-refractivity contribution in [2.24, 2.45) is 0 Å². The second-order valence-corrected chi connectivity index (χ2v) is 8.96. The van der Waals surface area contributed by atoms with E-state index in [1.807, 2.05) is 60.7 Å². The van der Waals surface area contributed by atoms with Crippen molar-refractivity contribution in [3.05, 3.63) is 118 Å². The molecule has 0 radical (unpaired) electrons. The summed E-state index contributed by atoms with van der Waals surface area (Å²) in [6.07, 6.45) is 7.89. The Morgan fingerprint density at radius 2 is 1.69 bits per heavy atom. The van der Waals surface area contributed by atoms with Gasteiger partial charge in [-0.3, -0.25) is 0 Å². The highest BCUT2D eigenvalue weighted by Gasteiger charge is 2.15. The van der Waals surface area contributed by atoms with Gasteiger partial charge >= 0.3 is 0 Å². The first-order valence-electron chi connectivity index (χ1n) is 10.6. The third-order valence-corrected chi connectivity index (χ3v) is 6.48. The lowest BCUT2D eigenvalue weighted by Crippen LogP contribution is -2.06. The van der Waals surface area contributed by atoms with Crippen LogP contribution in [0.25, 0.3) is 18.2 Å². The van der Waals surface area contributed by atoms with Gasteiger partial charge in [0.2, 0.25) is 6.29 Å². The molecule has 4 heteroatoms. The van der Waals surface area contributed by atoms with Gasteiger partial charge in [0.15, 0.2) is 0 Å². The molecule has 0 spiro atoms. The molecule has 162 valence electrons. The van der Waals surface area contributed by atoms with Crippen LogP contribution in [-0.2, 0) is 6.42 Å². The average Bonchev–Trinajstić information content (AvgIpc) is 3.25. The molecule has 2 N–H and O–H groups in total. The van der Waals surface area contributed by atoms with Gasteiger partial charge in [-0.2, -0.15) is 0 Å². The van der Waals surface area contributed by atoms with Gasteiger partial charge in [-0.1, -0.05) is 85.5 Å². The smallest absolute Gasteiger partial charge is 0.224 e. The van der Waals surface area contributed by atoms with Gasteiger partial charge in [-0.05, 0) is 45.4 Å². The minimum atomic E-state index is -1.03. The largest absolute Gasteiger partial charge is 0.461 e. The van der Waals surface area contributed by atoms with Crippen LogP contribution in [0.2, 0.25) is 0 Å². The molecule has 1 aliphatic carbocycles. The molecule has 1 aliphatic rings. The molecule has 0 saturated carbocycles. The molecule has 0 heterocycles. The quantitative estimate of drug-likeness (QED) is 0.393. The fraction of sp³-hybridized carbons (Fsp3) is 0.143. The van der Waals surface area contributed by atoms with E-state index in [0.717, 1.165) is 17.5 Å². The Balaban J connectivity index is 1.33. The van der Waals surface area contributed by atoms with Gasteiger partial charge in [0.1, 0.15) is 5.75 Å². The molecule has 2 unspecified atom stereocenters. The summed E-state index contributed by atoms with van der Waals surface area (Å²) in [6.45, 7) is 3.81. The van der Waals surface area contributed by atoms with Crippen LogP contribution in [0.3, 0.4) is 0 Å². The zero-order valence-corrected chi connectivity index (χ0v) is 18.5. The molecule has 3 aromatic rings. The summed E-state index contributed by atoms with van der Waals surface area (Å²) >= 11 is 1.70. The molecular weight excluding hydrogens is 416 g/mol. The summed E-state index contributed by atoms with van der Waals surface area (Å²) in [5.74, 6) is 0.587. The lowest BCUT2D eigenvalue weighted by molar-refractivity contribution is -0.0194.